The van der Waals surface area contributed by atoms with Crippen LogP contribution < -0.4 is 14.9 Å². The van der Waals surface area contributed by atoms with E-state index in [1.54, 1.807) is 32.2 Å². The Morgan fingerprint density at radius 2 is 2.22 bits per heavy atom. The van der Waals surface area contributed by atoms with Crippen LogP contribution in [0.1, 0.15) is 28.8 Å². The molecular formula is C16H17BrN2O4. The van der Waals surface area contributed by atoms with Gasteiger partial charge in [-0.3, -0.25) is 4.79 Å². The molecule has 0 bridgehead atoms. The Hall–Kier alpha value is -2.28. The van der Waals surface area contributed by atoms with E-state index in [0.29, 0.717) is 23.9 Å². The smallest absolute Gasteiger partial charge is 0.307 e. The molecule has 0 aliphatic rings. The highest BCUT2D eigenvalue weighted by atomic mass is 79.9. The zero-order valence-electron chi connectivity index (χ0n) is 13.1. The Labute approximate surface area is 142 Å². The van der Waals surface area contributed by atoms with E-state index in [0.717, 1.165) is 10.0 Å². The molecule has 0 radical (unpaired) electrons. The van der Waals surface area contributed by atoms with Gasteiger partial charge in [-0.05, 0) is 59.6 Å². The SMILES string of the molecule is CCOc1c(Br)cc(/C=N/NC(=O)c2ccc(C)o2)cc1OC. The number of nitrogens with zero attached hydrogens (tertiary/aromatic N) is 1. The number of ether oxygens (including phenoxy) is 2. The number of nitrogens with one attached hydrogen (secondary N) is 1. The van der Waals surface area contributed by atoms with E-state index < -0.39 is 5.91 Å². The van der Waals surface area contributed by atoms with E-state index in [9.17, 15) is 4.79 Å². The molecule has 0 aliphatic carbocycles. The molecule has 0 saturated carbocycles. The molecule has 1 aromatic carbocycles. The number of carbonyl (C=O) groups is 1. The maximum Gasteiger partial charge on any atom is 0.307 e. The van der Waals surface area contributed by atoms with Crippen molar-refractivity contribution in [3.63, 3.8) is 0 Å². The van der Waals surface area contributed by atoms with Gasteiger partial charge in [-0.15, -0.1) is 0 Å². The minimum absolute atomic E-state index is 0.213. The van der Waals surface area contributed by atoms with Gasteiger partial charge in [-0.1, -0.05) is 0 Å². The fraction of sp³-hybridized carbons (Fsp3) is 0.250. The first-order chi connectivity index (χ1) is 11.0. The summed E-state index contributed by atoms with van der Waals surface area (Å²) in [4.78, 5) is 11.8. The van der Waals surface area contributed by atoms with Crippen LogP contribution in [0.4, 0.5) is 0 Å². The minimum atomic E-state index is -0.411. The highest BCUT2D eigenvalue weighted by Gasteiger charge is 2.11. The van der Waals surface area contributed by atoms with Gasteiger partial charge in [0, 0.05) is 0 Å². The molecule has 2 aromatic rings. The molecule has 1 aromatic heterocycles. The van der Waals surface area contributed by atoms with Crippen molar-refractivity contribution in [1.29, 1.82) is 0 Å². The lowest BCUT2D eigenvalue weighted by molar-refractivity contribution is 0.0926. The number of furan rings is 1. The Morgan fingerprint density at radius 3 is 2.83 bits per heavy atom. The monoisotopic (exact) mass is 380 g/mol. The molecule has 0 aliphatic heterocycles. The molecule has 23 heavy (non-hydrogen) atoms. The second kappa shape index (κ2) is 7.82. The summed E-state index contributed by atoms with van der Waals surface area (Å²) in [6.07, 6.45) is 1.51. The molecule has 0 unspecified atom stereocenters. The van der Waals surface area contributed by atoms with E-state index in [1.165, 1.54) is 6.21 Å². The van der Waals surface area contributed by atoms with Gasteiger partial charge in [0.15, 0.2) is 17.3 Å². The van der Waals surface area contributed by atoms with Gasteiger partial charge in [0.05, 0.1) is 24.4 Å². The number of hydrogen-bond donors (Lipinski definition) is 1. The van der Waals surface area contributed by atoms with Gasteiger partial charge >= 0.3 is 5.91 Å². The number of hydrogen-bond acceptors (Lipinski definition) is 5. The van der Waals surface area contributed by atoms with Crippen LogP contribution in [-0.4, -0.2) is 25.8 Å². The van der Waals surface area contributed by atoms with Crippen molar-refractivity contribution >= 4 is 28.1 Å². The van der Waals surface area contributed by atoms with Crippen LogP contribution in [0, 0.1) is 6.92 Å². The molecular weight excluding hydrogens is 364 g/mol. The molecule has 6 nitrogen and oxygen atoms in total. The van der Waals surface area contributed by atoms with E-state index in [1.807, 2.05) is 13.0 Å². The second-order valence-corrected chi connectivity index (χ2v) is 5.43. The number of methoxy groups -OCH3 is 1. The first-order valence-electron chi connectivity index (χ1n) is 6.95. The van der Waals surface area contributed by atoms with Crippen molar-refractivity contribution in [1.82, 2.24) is 5.43 Å². The summed E-state index contributed by atoms with van der Waals surface area (Å²) in [6.45, 7) is 4.19. The summed E-state index contributed by atoms with van der Waals surface area (Å²) in [6, 6.07) is 6.90. The third-order valence-corrected chi connectivity index (χ3v) is 3.47. The van der Waals surface area contributed by atoms with Crippen LogP contribution in [0.5, 0.6) is 11.5 Å². The number of rotatable bonds is 6. The molecule has 0 atom stereocenters. The van der Waals surface area contributed by atoms with Crippen molar-refractivity contribution in [2.75, 3.05) is 13.7 Å². The van der Waals surface area contributed by atoms with Crippen LogP contribution in [0.3, 0.4) is 0 Å². The Balaban J connectivity index is 2.10. The van der Waals surface area contributed by atoms with Gasteiger partial charge < -0.3 is 13.9 Å². The van der Waals surface area contributed by atoms with Gasteiger partial charge in [0.25, 0.3) is 0 Å². The van der Waals surface area contributed by atoms with Crippen LogP contribution in [0.2, 0.25) is 0 Å². The van der Waals surface area contributed by atoms with Gasteiger partial charge in [-0.25, -0.2) is 5.43 Å². The maximum atomic E-state index is 11.8. The van der Waals surface area contributed by atoms with Crippen molar-refractivity contribution in [3.8, 4) is 11.5 Å². The van der Waals surface area contributed by atoms with E-state index in [4.69, 9.17) is 13.9 Å². The van der Waals surface area contributed by atoms with Gasteiger partial charge in [0.1, 0.15) is 5.76 Å². The average molecular weight is 381 g/mol. The lowest BCUT2D eigenvalue weighted by atomic mass is 10.2. The summed E-state index contributed by atoms with van der Waals surface area (Å²) in [5.41, 5.74) is 3.15. The van der Waals surface area contributed by atoms with Crippen LogP contribution in [-0.2, 0) is 0 Å². The largest absolute Gasteiger partial charge is 0.493 e. The van der Waals surface area contributed by atoms with Crippen molar-refractivity contribution in [2.45, 2.75) is 13.8 Å². The van der Waals surface area contributed by atoms with Crippen molar-refractivity contribution in [2.24, 2.45) is 5.10 Å². The number of amides is 1. The van der Waals surface area contributed by atoms with Gasteiger partial charge in [-0.2, -0.15) is 5.10 Å². The number of aryl methyl sites for hydroxylation is 1. The predicted molar refractivity (Wildman–Crippen MR) is 90.4 cm³/mol. The lowest BCUT2D eigenvalue weighted by Crippen LogP contribution is -2.16. The van der Waals surface area contributed by atoms with E-state index >= 15 is 0 Å². The first-order valence-corrected chi connectivity index (χ1v) is 7.74. The summed E-state index contributed by atoms with van der Waals surface area (Å²) < 4.78 is 16.8. The molecule has 2 rings (SSSR count). The van der Waals surface area contributed by atoms with Crippen LogP contribution in [0.15, 0.2) is 38.3 Å². The topological polar surface area (TPSA) is 73.1 Å². The fourth-order valence-electron chi connectivity index (χ4n) is 1.88. The molecule has 0 saturated heterocycles. The molecule has 7 heteroatoms. The molecule has 0 fully saturated rings. The highest BCUT2D eigenvalue weighted by molar-refractivity contribution is 9.10. The van der Waals surface area contributed by atoms with E-state index in [2.05, 4.69) is 26.5 Å². The maximum absolute atomic E-state index is 11.8. The Morgan fingerprint density at radius 1 is 1.43 bits per heavy atom. The van der Waals surface area contributed by atoms with Gasteiger partial charge in [0.2, 0.25) is 0 Å². The highest BCUT2D eigenvalue weighted by Crippen LogP contribution is 2.36. The van der Waals surface area contributed by atoms with E-state index in [-0.39, 0.29) is 5.76 Å². The summed E-state index contributed by atoms with van der Waals surface area (Å²) >= 11 is 3.43. The number of hydrazone groups is 1. The lowest BCUT2D eigenvalue weighted by Gasteiger charge is -2.11. The summed E-state index contributed by atoms with van der Waals surface area (Å²) in [5.74, 6) is 1.67. The first kappa shape index (κ1) is 17.1. The molecule has 1 N–H and O–H groups in total. The van der Waals surface area contributed by atoms with Crippen molar-refractivity contribution < 1.29 is 18.7 Å². The standard InChI is InChI=1S/C16H17BrN2O4/c1-4-22-15-12(17)7-11(8-14(15)21-3)9-18-19-16(20)13-6-5-10(2)23-13/h5-9H,4H2,1-3H3,(H,19,20)/b18-9+. The van der Waals surface area contributed by atoms with Crippen molar-refractivity contribution in [3.05, 3.63) is 45.8 Å². The number of benzene rings is 1. The Kier molecular flexibility index (Phi) is 5.81. The average Bonchev–Trinajstić information content (AvgIpc) is 2.96. The third-order valence-electron chi connectivity index (χ3n) is 2.88. The molecule has 0 spiro atoms. The zero-order chi connectivity index (χ0) is 16.8. The minimum Gasteiger partial charge on any atom is -0.493 e. The second-order valence-electron chi connectivity index (χ2n) is 4.58. The zero-order valence-corrected chi connectivity index (χ0v) is 14.6. The fourth-order valence-corrected chi connectivity index (χ4v) is 2.45. The Bertz CT molecular complexity index is 725. The normalized spacial score (nSPS) is 10.8. The third kappa shape index (κ3) is 4.35. The molecule has 1 amide bonds. The quantitative estimate of drug-likeness (QED) is 0.614. The summed E-state index contributed by atoms with van der Waals surface area (Å²) in [7, 11) is 1.56. The van der Waals surface area contributed by atoms with Crippen LogP contribution >= 0.6 is 15.9 Å². The number of halogens is 1. The molecule has 122 valence electrons. The van der Waals surface area contributed by atoms with Crippen LogP contribution in [0.25, 0.3) is 0 Å². The number of carbonyl (C=O) groups excluding carboxylic acids is 1. The summed E-state index contributed by atoms with van der Waals surface area (Å²) in [5, 5.41) is 3.92. The molecule has 1 heterocycles. The predicted octanol–water partition coefficient (Wildman–Crippen LogP) is 3.52.